The summed E-state index contributed by atoms with van der Waals surface area (Å²) >= 11 is 0. The summed E-state index contributed by atoms with van der Waals surface area (Å²) in [5.74, 6) is -1.75. The number of carbonyl (C=O) groups is 4. The highest BCUT2D eigenvalue weighted by Gasteiger charge is 2.22. The molecule has 2 amide bonds. The monoisotopic (exact) mass is 512 g/mol. The van der Waals surface area contributed by atoms with Crippen molar-refractivity contribution in [3.8, 4) is 0 Å². The van der Waals surface area contributed by atoms with Crippen molar-refractivity contribution >= 4 is 23.8 Å². The first-order valence-corrected chi connectivity index (χ1v) is 14.3. The van der Waals surface area contributed by atoms with Crippen LogP contribution in [0.2, 0.25) is 0 Å². The number of hydrogen-bond donors (Lipinski definition) is 3. The van der Waals surface area contributed by atoms with Gasteiger partial charge in [0, 0.05) is 25.8 Å². The number of ether oxygens (including phenoxy) is 1. The Morgan fingerprint density at radius 1 is 0.667 bits per heavy atom. The molecule has 0 aromatic rings. The first-order valence-electron chi connectivity index (χ1n) is 14.3. The van der Waals surface area contributed by atoms with Crippen LogP contribution in [0.15, 0.2) is 0 Å². The number of unbranched alkanes of at least 4 members (excludes halogenated alkanes) is 14. The van der Waals surface area contributed by atoms with E-state index in [1.54, 1.807) is 0 Å². The van der Waals surface area contributed by atoms with Crippen LogP contribution in [0.25, 0.3) is 0 Å². The van der Waals surface area contributed by atoms with E-state index in [0.717, 1.165) is 25.7 Å². The number of nitrogens with one attached hydrogen (secondary N) is 2. The second kappa shape index (κ2) is 24.6. The Kier molecular flexibility index (Phi) is 23.1. The molecular formula is C28H52N2O6. The molecule has 0 aliphatic carbocycles. The third-order valence-corrected chi connectivity index (χ3v) is 6.38. The molecule has 1 unspecified atom stereocenters. The van der Waals surface area contributed by atoms with Gasteiger partial charge < -0.3 is 20.5 Å². The normalized spacial score (nSPS) is 11.6. The van der Waals surface area contributed by atoms with Crippen molar-refractivity contribution in [2.24, 2.45) is 0 Å². The van der Waals surface area contributed by atoms with Crippen LogP contribution in [-0.2, 0) is 23.9 Å². The largest absolute Gasteiger partial charge is 0.481 e. The van der Waals surface area contributed by atoms with Gasteiger partial charge in [-0.15, -0.1) is 0 Å². The number of carboxylic acids is 1. The molecule has 0 aliphatic rings. The zero-order valence-electron chi connectivity index (χ0n) is 22.9. The van der Waals surface area contributed by atoms with Gasteiger partial charge in [0.2, 0.25) is 11.8 Å². The third kappa shape index (κ3) is 22.4. The van der Waals surface area contributed by atoms with Gasteiger partial charge >= 0.3 is 11.9 Å². The van der Waals surface area contributed by atoms with E-state index in [1.165, 1.54) is 71.3 Å². The molecule has 0 aliphatic heterocycles. The van der Waals surface area contributed by atoms with Crippen molar-refractivity contribution in [2.45, 2.75) is 141 Å². The Morgan fingerprint density at radius 2 is 1.17 bits per heavy atom. The van der Waals surface area contributed by atoms with E-state index < -0.39 is 18.0 Å². The van der Waals surface area contributed by atoms with E-state index >= 15 is 0 Å². The molecule has 0 radical (unpaired) electrons. The number of carbonyl (C=O) groups excluding carboxylic acids is 3. The first-order chi connectivity index (χ1) is 17.4. The predicted molar refractivity (Wildman–Crippen MR) is 143 cm³/mol. The summed E-state index contributed by atoms with van der Waals surface area (Å²) in [5.41, 5.74) is 0. The number of methoxy groups -OCH3 is 1. The van der Waals surface area contributed by atoms with Gasteiger partial charge in [0.25, 0.3) is 0 Å². The average molecular weight is 513 g/mol. The molecule has 0 saturated carbocycles. The standard InChI is InChI=1S/C28H52N2O6/c1-3-4-5-6-7-8-9-10-11-12-13-14-16-19-26(32)30-24(28(35)36-2)21-22-25(31)29-23-18-15-17-20-27(33)34/h24H,3-23H2,1-2H3,(H,29,31)(H,30,32)(H,33,34). The lowest BCUT2D eigenvalue weighted by molar-refractivity contribution is -0.145. The van der Waals surface area contributed by atoms with Gasteiger partial charge in [-0.1, -0.05) is 90.4 Å². The summed E-state index contributed by atoms with van der Waals surface area (Å²) in [7, 11) is 1.27. The van der Waals surface area contributed by atoms with Crippen LogP contribution in [0.5, 0.6) is 0 Å². The number of carboxylic acid groups (broad SMARTS) is 1. The second-order valence-electron chi connectivity index (χ2n) is 9.73. The SMILES string of the molecule is CCCCCCCCCCCCCCCC(=O)NC(CCC(=O)NCCCCCC(=O)O)C(=O)OC. The molecular weight excluding hydrogens is 460 g/mol. The van der Waals surface area contributed by atoms with Gasteiger partial charge in [-0.2, -0.15) is 0 Å². The quantitative estimate of drug-likeness (QED) is 0.107. The summed E-state index contributed by atoms with van der Waals surface area (Å²) in [4.78, 5) is 46.8. The fraction of sp³-hybridized carbons (Fsp3) is 0.857. The number of hydrogen-bond acceptors (Lipinski definition) is 5. The van der Waals surface area contributed by atoms with Crippen molar-refractivity contribution < 1.29 is 29.0 Å². The van der Waals surface area contributed by atoms with Crippen molar-refractivity contribution in [1.29, 1.82) is 0 Å². The minimum atomic E-state index is -0.828. The van der Waals surface area contributed by atoms with E-state index in [-0.39, 0.29) is 31.1 Å². The van der Waals surface area contributed by atoms with Gasteiger partial charge in [-0.3, -0.25) is 14.4 Å². The molecule has 1 atom stereocenters. The summed E-state index contributed by atoms with van der Waals surface area (Å²) < 4.78 is 4.78. The predicted octanol–water partition coefficient (Wildman–Crippen LogP) is 5.67. The Balaban J connectivity index is 3.86. The summed E-state index contributed by atoms with van der Waals surface area (Å²) in [6, 6.07) is -0.828. The van der Waals surface area contributed by atoms with E-state index in [0.29, 0.717) is 25.8 Å². The summed E-state index contributed by atoms with van der Waals surface area (Å²) in [6.07, 6.45) is 18.9. The van der Waals surface area contributed by atoms with Crippen LogP contribution in [0.4, 0.5) is 0 Å². The third-order valence-electron chi connectivity index (χ3n) is 6.38. The van der Waals surface area contributed by atoms with Crippen molar-refractivity contribution in [3.63, 3.8) is 0 Å². The van der Waals surface area contributed by atoms with E-state index in [1.807, 2.05) is 0 Å². The number of aliphatic carboxylic acids is 1. The molecule has 210 valence electrons. The maximum absolute atomic E-state index is 12.3. The van der Waals surface area contributed by atoms with Gasteiger partial charge in [-0.25, -0.2) is 4.79 Å². The van der Waals surface area contributed by atoms with Crippen LogP contribution >= 0.6 is 0 Å². The molecule has 3 N–H and O–H groups in total. The molecule has 0 aromatic heterocycles. The number of rotatable bonds is 25. The molecule has 8 nitrogen and oxygen atoms in total. The van der Waals surface area contributed by atoms with Crippen LogP contribution in [0.1, 0.15) is 135 Å². The molecule has 0 heterocycles. The molecule has 0 saturated heterocycles. The van der Waals surface area contributed by atoms with Crippen molar-refractivity contribution in [2.75, 3.05) is 13.7 Å². The highest BCUT2D eigenvalue weighted by molar-refractivity contribution is 5.85. The van der Waals surface area contributed by atoms with Crippen molar-refractivity contribution in [1.82, 2.24) is 10.6 Å². The lowest BCUT2D eigenvalue weighted by Crippen LogP contribution is -2.42. The zero-order chi connectivity index (χ0) is 26.9. The molecule has 0 bridgehead atoms. The van der Waals surface area contributed by atoms with Gasteiger partial charge in [0.1, 0.15) is 6.04 Å². The van der Waals surface area contributed by atoms with E-state index in [9.17, 15) is 19.2 Å². The summed E-state index contributed by atoms with van der Waals surface area (Å²) in [6.45, 7) is 2.71. The second-order valence-corrected chi connectivity index (χ2v) is 9.73. The first kappa shape index (κ1) is 33.9. The lowest BCUT2D eigenvalue weighted by Gasteiger charge is -2.16. The molecule has 0 spiro atoms. The average Bonchev–Trinajstić information content (AvgIpc) is 2.85. The Labute approximate surface area is 218 Å². The van der Waals surface area contributed by atoms with Gasteiger partial charge in [0.15, 0.2) is 0 Å². The Morgan fingerprint density at radius 3 is 1.69 bits per heavy atom. The van der Waals surface area contributed by atoms with Crippen LogP contribution in [0, 0.1) is 0 Å². The lowest BCUT2D eigenvalue weighted by atomic mass is 10.0. The van der Waals surface area contributed by atoms with E-state index in [4.69, 9.17) is 9.84 Å². The van der Waals surface area contributed by atoms with E-state index in [2.05, 4.69) is 17.6 Å². The van der Waals surface area contributed by atoms with Crippen LogP contribution < -0.4 is 10.6 Å². The Hall–Kier alpha value is -2.12. The minimum Gasteiger partial charge on any atom is -0.481 e. The minimum absolute atomic E-state index is 0.105. The van der Waals surface area contributed by atoms with Gasteiger partial charge in [-0.05, 0) is 25.7 Å². The number of amides is 2. The highest BCUT2D eigenvalue weighted by atomic mass is 16.5. The summed E-state index contributed by atoms with van der Waals surface area (Å²) in [5, 5.41) is 14.1. The van der Waals surface area contributed by atoms with Gasteiger partial charge in [0.05, 0.1) is 7.11 Å². The fourth-order valence-corrected chi connectivity index (χ4v) is 4.13. The zero-order valence-corrected chi connectivity index (χ0v) is 22.9. The van der Waals surface area contributed by atoms with Crippen LogP contribution in [0.3, 0.4) is 0 Å². The molecule has 36 heavy (non-hydrogen) atoms. The van der Waals surface area contributed by atoms with Crippen LogP contribution in [-0.4, -0.2) is 48.6 Å². The molecule has 8 heteroatoms. The molecule has 0 fully saturated rings. The smallest absolute Gasteiger partial charge is 0.328 e. The maximum Gasteiger partial charge on any atom is 0.328 e. The maximum atomic E-state index is 12.3. The fourth-order valence-electron chi connectivity index (χ4n) is 4.13. The molecule has 0 aromatic carbocycles. The number of esters is 1. The highest BCUT2D eigenvalue weighted by Crippen LogP contribution is 2.13. The van der Waals surface area contributed by atoms with Crippen molar-refractivity contribution in [3.05, 3.63) is 0 Å². The molecule has 0 rings (SSSR count). The Bertz CT molecular complexity index is 597. The topological polar surface area (TPSA) is 122 Å².